The second-order valence-electron chi connectivity index (χ2n) is 4.30. The Labute approximate surface area is 121 Å². The van der Waals surface area contributed by atoms with Crippen molar-refractivity contribution in [1.82, 2.24) is 4.98 Å². The molecule has 0 saturated heterocycles. The number of hydrogen-bond acceptors (Lipinski definition) is 5. The Balaban J connectivity index is 2.57. The zero-order chi connectivity index (χ0) is 15.6. The van der Waals surface area contributed by atoms with Gasteiger partial charge in [-0.3, -0.25) is 4.98 Å². The molecule has 8 heteroatoms. The van der Waals surface area contributed by atoms with Crippen LogP contribution >= 0.6 is 0 Å². The first-order valence-electron chi connectivity index (χ1n) is 5.84. The number of aromatic nitrogens is 1. The molecule has 0 spiro atoms. The Kier molecular flexibility index (Phi) is 3.92. The van der Waals surface area contributed by atoms with E-state index in [1.54, 1.807) is 36.5 Å². The molecule has 1 aromatic heterocycles. The van der Waals surface area contributed by atoms with Gasteiger partial charge in [-0.2, -0.15) is 0 Å². The van der Waals surface area contributed by atoms with E-state index < -0.39 is 16.0 Å². The second-order valence-corrected chi connectivity index (χ2v) is 5.86. The lowest BCUT2D eigenvalue weighted by Crippen LogP contribution is -2.17. The van der Waals surface area contributed by atoms with Gasteiger partial charge in [0.2, 0.25) is 10.0 Å². The van der Waals surface area contributed by atoms with Crippen molar-refractivity contribution in [2.75, 3.05) is 11.9 Å². The third-order valence-electron chi connectivity index (χ3n) is 2.92. The Hall–Kier alpha value is -2.45. The summed E-state index contributed by atoms with van der Waals surface area (Å²) < 4.78 is 22.6. The first-order valence-corrected chi connectivity index (χ1v) is 7.39. The van der Waals surface area contributed by atoms with Crippen molar-refractivity contribution in [2.45, 2.75) is 4.90 Å². The molecule has 1 aromatic carbocycles. The van der Waals surface area contributed by atoms with Gasteiger partial charge in [0.15, 0.2) is 0 Å². The van der Waals surface area contributed by atoms with Crippen molar-refractivity contribution in [2.24, 2.45) is 5.14 Å². The first-order chi connectivity index (χ1) is 9.80. The molecule has 0 bridgehead atoms. The molecule has 0 aliphatic carbocycles. The highest BCUT2D eigenvalue weighted by atomic mass is 32.2. The molecule has 0 aliphatic heterocycles. The molecule has 0 atom stereocenters. The van der Waals surface area contributed by atoms with Crippen molar-refractivity contribution in [3.8, 4) is 0 Å². The van der Waals surface area contributed by atoms with Gasteiger partial charge in [0.25, 0.3) is 0 Å². The highest BCUT2D eigenvalue weighted by molar-refractivity contribution is 7.89. The highest BCUT2D eigenvalue weighted by Crippen LogP contribution is 2.28. The summed E-state index contributed by atoms with van der Waals surface area (Å²) in [5.74, 6) is -1.24. The number of carboxylic acid groups (broad SMARTS) is 1. The molecule has 0 fully saturated rings. The molecule has 2 rings (SSSR count). The zero-order valence-corrected chi connectivity index (χ0v) is 11.9. The molecular weight excluding hydrogens is 294 g/mol. The average Bonchev–Trinajstić information content (AvgIpc) is 2.45. The lowest BCUT2D eigenvalue weighted by molar-refractivity contribution is 0.0697. The number of carboxylic acids is 1. The van der Waals surface area contributed by atoms with Gasteiger partial charge < -0.3 is 10.0 Å². The highest BCUT2D eigenvalue weighted by Gasteiger charge is 2.18. The van der Waals surface area contributed by atoms with Crippen LogP contribution in [-0.4, -0.2) is 31.5 Å². The number of aromatic carboxylic acids is 1. The van der Waals surface area contributed by atoms with Gasteiger partial charge in [-0.05, 0) is 30.3 Å². The van der Waals surface area contributed by atoms with Gasteiger partial charge in [0.05, 0.1) is 28.0 Å². The van der Waals surface area contributed by atoms with Crippen LogP contribution in [0.4, 0.5) is 11.4 Å². The molecule has 0 radical (unpaired) electrons. The molecule has 21 heavy (non-hydrogen) atoms. The van der Waals surface area contributed by atoms with Crippen LogP contribution < -0.4 is 10.0 Å². The predicted molar refractivity (Wildman–Crippen MR) is 77.1 cm³/mol. The number of primary sulfonamides is 1. The molecule has 0 aliphatic rings. The lowest BCUT2D eigenvalue weighted by atomic mass is 10.1. The number of benzene rings is 1. The van der Waals surface area contributed by atoms with E-state index in [2.05, 4.69) is 4.98 Å². The number of hydrogen-bond donors (Lipinski definition) is 2. The minimum absolute atomic E-state index is 0.159. The third-order valence-corrected chi connectivity index (χ3v) is 3.83. The Morgan fingerprint density at radius 2 is 2.05 bits per heavy atom. The average molecular weight is 307 g/mol. The summed E-state index contributed by atoms with van der Waals surface area (Å²) in [6.45, 7) is 0. The maximum atomic E-state index is 11.4. The van der Waals surface area contributed by atoms with Crippen molar-refractivity contribution >= 4 is 27.4 Å². The maximum absolute atomic E-state index is 11.4. The standard InChI is InChI=1S/C13H13N3O4S/c1-16(9-3-2-6-15-8-9)12-5-4-10(21(14,19)20)7-11(12)13(17)18/h2-8H,1H3,(H,17,18)(H2,14,19,20). The smallest absolute Gasteiger partial charge is 0.337 e. The summed E-state index contributed by atoms with van der Waals surface area (Å²) in [6.07, 6.45) is 3.17. The van der Waals surface area contributed by atoms with Crippen molar-refractivity contribution in [3.05, 3.63) is 48.3 Å². The number of nitrogens with two attached hydrogens (primary N) is 1. The summed E-state index contributed by atoms with van der Waals surface area (Å²) in [7, 11) is -2.30. The van der Waals surface area contributed by atoms with E-state index in [1.807, 2.05) is 0 Å². The van der Waals surface area contributed by atoms with E-state index in [0.717, 1.165) is 6.07 Å². The van der Waals surface area contributed by atoms with E-state index in [4.69, 9.17) is 5.14 Å². The molecule has 0 amide bonds. The van der Waals surface area contributed by atoms with Crippen LogP contribution in [0.15, 0.2) is 47.6 Å². The van der Waals surface area contributed by atoms with Crippen molar-refractivity contribution in [1.29, 1.82) is 0 Å². The number of carbonyl (C=O) groups is 1. The molecule has 3 N–H and O–H groups in total. The van der Waals surface area contributed by atoms with Crippen LogP contribution in [0.1, 0.15) is 10.4 Å². The summed E-state index contributed by atoms with van der Waals surface area (Å²) in [5.41, 5.74) is 0.846. The van der Waals surface area contributed by atoms with Gasteiger partial charge in [0.1, 0.15) is 0 Å². The SMILES string of the molecule is CN(c1cccnc1)c1ccc(S(N)(=O)=O)cc1C(=O)O. The largest absolute Gasteiger partial charge is 0.478 e. The van der Waals surface area contributed by atoms with Gasteiger partial charge in [-0.25, -0.2) is 18.4 Å². The topological polar surface area (TPSA) is 114 Å². The van der Waals surface area contributed by atoms with Crippen LogP contribution in [0.3, 0.4) is 0 Å². The summed E-state index contributed by atoms with van der Waals surface area (Å²) in [4.78, 5) is 16.7. The Morgan fingerprint density at radius 1 is 1.33 bits per heavy atom. The fourth-order valence-corrected chi connectivity index (χ4v) is 2.39. The first kappa shape index (κ1) is 14.9. The van der Waals surface area contributed by atoms with E-state index in [1.165, 1.54) is 12.1 Å². The minimum atomic E-state index is -3.96. The summed E-state index contributed by atoms with van der Waals surface area (Å²) in [5, 5.41) is 14.3. The molecule has 110 valence electrons. The van der Waals surface area contributed by atoms with Crippen molar-refractivity contribution in [3.63, 3.8) is 0 Å². The van der Waals surface area contributed by atoms with E-state index in [0.29, 0.717) is 11.4 Å². The van der Waals surface area contributed by atoms with Gasteiger partial charge in [-0.1, -0.05) is 0 Å². The molecule has 7 nitrogen and oxygen atoms in total. The van der Waals surface area contributed by atoms with Gasteiger partial charge in [0, 0.05) is 13.2 Å². The summed E-state index contributed by atoms with van der Waals surface area (Å²) in [6, 6.07) is 7.18. The van der Waals surface area contributed by atoms with Crippen LogP contribution in [0, 0.1) is 0 Å². The number of pyridine rings is 1. The minimum Gasteiger partial charge on any atom is -0.478 e. The molecule has 1 heterocycles. The van der Waals surface area contributed by atoms with Gasteiger partial charge in [-0.15, -0.1) is 0 Å². The van der Waals surface area contributed by atoms with Crippen LogP contribution in [-0.2, 0) is 10.0 Å². The van der Waals surface area contributed by atoms with E-state index in [-0.39, 0.29) is 10.5 Å². The molecule has 0 saturated carbocycles. The van der Waals surface area contributed by atoms with Crippen LogP contribution in [0.25, 0.3) is 0 Å². The Bertz CT molecular complexity index is 775. The quantitative estimate of drug-likeness (QED) is 0.877. The third kappa shape index (κ3) is 3.18. The molecular formula is C13H13N3O4S. The van der Waals surface area contributed by atoms with Crippen molar-refractivity contribution < 1.29 is 18.3 Å². The number of nitrogens with zero attached hydrogens (tertiary/aromatic N) is 2. The second kappa shape index (κ2) is 5.51. The molecule has 2 aromatic rings. The number of sulfonamides is 1. The lowest BCUT2D eigenvalue weighted by Gasteiger charge is -2.21. The van der Waals surface area contributed by atoms with Crippen LogP contribution in [0.2, 0.25) is 0 Å². The number of anilines is 2. The summed E-state index contributed by atoms with van der Waals surface area (Å²) >= 11 is 0. The zero-order valence-electron chi connectivity index (χ0n) is 11.1. The predicted octanol–water partition coefficient (Wildman–Crippen LogP) is 1.20. The fraction of sp³-hybridized carbons (Fsp3) is 0.0769. The maximum Gasteiger partial charge on any atom is 0.337 e. The fourth-order valence-electron chi connectivity index (χ4n) is 1.85. The van der Waals surface area contributed by atoms with Gasteiger partial charge >= 0.3 is 5.97 Å². The molecule has 0 unspecified atom stereocenters. The van der Waals surface area contributed by atoms with Crippen LogP contribution in [0.5, 0.6) is 0 Å². The Morgan fingerprint density at radius 3 is 2.57 bits per heavy atom. The monoisotopic (exact) mass is 307 g/mol. The number of rotatable bonds is 4. The van der Waals surface area contributed by atoms with E-state index >= 15 is 0 Å². The normalized spacial score (nSPS) is 11.1. The van der Waals surface area contributed by atoms with E-state index in [9.17, 15) is 18.3 Å².